The first-order valence-corrected chi connectivity index (χ1v) is 8.57. The molecule has 0 saturated carbocycles. The number of benzene rings is 2. The number of ether oxygens (including phenoxy) is 1. The van der Waals surface area contributed by atoms with Crippen LogP contribution in [0.15, 0.2) is 54.6 Å². The molecule has 2 aromatic rings. The fourth-order valence-corrected chi connectivity index (χ4v) is 2.36. The second-order valence-corrected chi connectivity index (χ2v) is 7.72. The van der Waals surface area contributed by atoms with Gasteiger partial charge in [-0.25, -0.2) is 0 Å². The molecule has 1 amide bonds. The van der Waals surface area contributed by atoms with Crippen LogP contribution in [0.5, 0.6) is 5.75 Å². The van der Waals surface area contributed by atoms with E-state index in [1.807, 2.05) is 30.3 Å². The van der Waals surface area contributed by atoms with E-state index in [2.05, 4.69) is 5.32 Å². The Hall–Kier alpha value is -1.75. The van der Waals surface area contributed by atoms with Gasteiger partial charge in [0.2, 0.25) is 15.9 Å². The van der Waals surface area contributed by atoms with Crippen molar-refractivity contribution >= 4 is 46.5 Å². The number of halogens is 3. The summed E-state index contributed by atoms with van der Waals surface area (Å²) in [5.74, 6) is -0.0511. The lowest BCUT2D eigenvalue weighted by Gasteiger charge is -2.26. The molecule has 7 heteroatoms. The summed E-state index contributed by atoms with van der Waals surface area (Å²) in [5.41, 5.74) is 1.36. The van der Waals surface area contributed by atoms with Crippen molar-refractivity contribution in [1.82, 2.24) is 5.32 Å². The minimum absolute atomic E-state index is 0.0689. The Bertz CT molecular complexity index is 727. The number of carbonyl (C=O) groups excluding carboxylic acids is 2. The molecule has 2 aromatic carbocycles. The number of amides is 1. The minimum atomic E-state index is -1.87. The first-order valence-electron chi connectivity index (χ1n) is 7.43. The van der Waals surface area contributed by atoms with Crippen molar-refractivity contribution in [3.63, 3.8) is 0 Å². The molecule has 0 radical (unpaired) electrons. The molecule has 4 nitrogen and oxygen atoms in total. The predicted molar refractivity (Wildman–Crippen MR) is 99.4 cm³/mol. The van der Waals surface area contributed by atoms with Gasteiger partial charge in [-0.05, 0) is 36.8 Å². The Balaban J connectivity index is 2.06. The van der Waals surface area contributed by atoms with Crippen LogP contribution in [0.2, 0.25) is 0 Å². The van der Waals surface area contributed by atoms with Crippen molar-refractivity contribution in [3.8, 4) is 5.75 Å². The number of ketones is 1. The van der Waals surface area contributed by atoms with E-state index < -0.39 is 10.0 Å². The third kappa shape index (κ3) is 6.24. The normalized spacial score (nSPS) is 12.3. The molecule has 0 unspecified atom stereocenters. The summed E-state index contributed by atoms with van der Waals surface area (Å²) in [5, 5.41) is 2.57. The molecular formula is C18H16Cl3NO3. The maximum Gasteiger partial charge on any atom is 0.246 e. The van der Waals surface area contributed by atoms with Crippen LogP contribution in [0.3, 0.4) is 0 Å². The quantitative estimate of drug-likeness (QED) is 0.446. The molecule has 0 heterocycles. The monoisotopic (exact) mass is 399 g/mol. The lowest BCUT2D eigenvalue weighted by Crippen LogP contribution is -2.48. The number of nitrogens with one attached hydrogen (secondary N) is 1. The second-order valence-electron chi connectivity index (χ2n) is 5.35. The number of hydrogen-bond donors (Lipinski definition) is 1. The molecule has 0 spiro atoms. The largest absolute Gasteiger partial charge is 0.466 e. The molecule has 0 aromatic heterocycles. The summed E-state index contributed by atoms with van der Waals surface area (Å²) in [6, 6.07) is 15.5. The highest BCUT2D eigenvalue weighted by molar-refractivity contribution is 6.68. The van der Waals surface area contributed by atoms with Crippen LogP contribution in [0, 0.1) is 0 Å². The van der Waals surface area contributed by atoms with Crippen molar-refractivity contribution in [3.05, 3.63) is 65.7 Å². The summed E-state index contributed by atoms with van der Waals surface area (Å²) < 4.78 is 3.71. The average Bonchev–Trinajstić information content (AvgIpc) is 2.54. The van der Waals surface area contributed by atoms with Gasteiger partial charge in [-0.3, -0.25) is 9.59 Å². The first kappa shape index (κ1) is 19.6. The van der Waals surface area contributed by atoms with Crippen LogP contribution >= 0.6 is 34.8 Å². The molecule has 25 heavy (non-hydrogen) atoms. The number of Topliss-reactive ketones (excluding diaryl/α,β-unsaturated/α-hetero) is 1. The number of alkyl halides is 3. The standard InChI is InChI=1S/C18H16Cl3NO3/c1-12(23)14-7-9-15(10-8-14)25-17(18(19,20)21)22-16(24)11-13-5-3-2-4-6-13/h2-10,17H,11H2,1H3,(H,22,24)/t17-/m0/s1. The van der Waals surface area contributed by atoms with Gasteiger partial charge < -0.3 is 10.1 Å². The van der Waals surface area contributed by atoms with E-state index in [0.29, 0.717) is 11.3 Å². The van der Waals surface area contributed by atoms with Crippen molar-refractivity contribution < 1.29 is 14.3 Å². The number of hydrogen-bond acceptors (Lipinski definition) is 3. The molecule has 132 valence electrons. The van der Waals surface area contributed by atoms with Crippen molar-refractivity contribution in [2.75, 3.05) is 0 Å². The Morgan fingerprint density at radius 3 is 2.16 bits per heavy atom. The smallest absolute Gasteiger partial charge is 0.246 e. The van der Waals surface area contributed by atoms with E-state index in [9.17, 15) is 9.59 Å². The van der Waals surface area contributed by atoms with E-state index in [1.54, 1.807) is 24.3 Å². The van der Waals surface area contributed by atoms with Gasteiger partial charge >= 0.3 is 0 Å². The third-order valence-electron chi connectivity index (χ3n) is 3.31. The Morgan fingerprint density at radius 1 is 1.04 bits per heavy atom. The van der Waals surface area contributed by atoms with Crippen LogP contribution in [0.1, 0.15) is 22.8 Å². The van der Waals surface area contributed by atoms with Gasteiger partial charge in [0, 0.05) is 5.56 Å². The minimum Gasteiger partial charge on any atom is -0.466 e. The average molecular weight is 401 g/mol. The highest BCUT2D eigenvalue weighted by Gasteiger charge is 2.36. The Labute approximate surface area is 161 Å². The Kier molecular flexibility index (Phi) is 6.71. The molecule has 0 aliphatic rings. The highest BCUT2D eigenvalue weighted by Crippen LogP contribution is 2.32. The third-order valence-corrected chi connectivity index (χ3v) is 3.91. The maximum atomic E-state index is 12.2. The van der Waals surface area contributed by atoms with E-state index in [-0.39, 0.29) is 18.1 Å². The van der Waals surface area contributed by atoms with Crippen LogP contribution in [-0.2, 0) is 11.2 Å². The van der Waals surface area contributed by atoms with Crippen molar-refractivity contribution in [2.24, 2.45) is 0 Å². The lowest BCUT2D eigenvalue weighted by atomic mass is 10.1. The summed E-state index contributed by atoms with van der Waals surface area (Å²) >= 11 is 17.7. The first-order chi connectivity index (χ1) is 11.8. The van der Waals surface area contributed by atoms with Gasteiger partial charge in [0.1, 0.15) is 5.75 Å². The topological polar surface area (TPSA) is 55.4 Å². The molecule has 0 bridgehead atoms. The van der Waals surface area contributed by atoms with Crippen LogP contribution in [0.4, 0.5) is 0 Å². The Morgan fingerprint density at radius 2 is 1.64 bits per heavy atom. The van der Waals surface area contributed by atoms with Crippen LogP contribution < -0.4 is 10.1 Å². The molecule has 1 N–H and O–H groups in total. The molecule has 0 fully saturated rings. The summed E-state index contributed by atoms with van der Waals surface area (Å²) in [7, 11) is 0. The van der Waals surface area contributed by atoms with E-state index in [0.717, 1.165) is 5.56 Å². The van der Waals surface area contributed by atoms with E-state index >= 15 is 0 Å². The number of carbonyl (C=O) groups is 2. The summed E-state index contributed by atoms with van der Waals surface area (Å²) in [4.78, 5) is 23.5. The van der Waals surface area contributed by atoms with Crippen molar-refractivity contribution in [2.45, 2.75) is 23.4 Å². The molecule has 1 atom stereocenters. The maximum absolute atomic E-state index is 12.2. The summed E-state index contributed by atoms with van der Waals surface area (Å²) in [6.45, 7) is 1.46. The highest BCUT2D eigenvalue weighted by atomic mass is 35.6. The molecule has 0 aliphatic carbocycles. The zero-order valence-corrected chi connectivity index (χ0v) is 15.6. The van der Waals surface area contributed by atoms with Gasteiger partial charge in [0.25, 0.3) is 0 Å². The fraction of sp³-hybridized carbons (Fsp3) is 0.222. The SMILES string of the molecule is CC(=O)c1ccc(O[C@H](NC(=O)Cc2ccccc2)C(Cl)(Cl)Cl)cc1. The van der Waals surface area contributed by atoms with Gasteiger partial charge in [-0.15, -0.1) is 0 Å². The van der Waals surface area contributed by atoms with Crippen LogP contribution in [0.25, 0.3) is 0 Å². The number of rotatable bonds is 6. The predicted octanol–water partition coefficient (Wildman–Crippen LogP) is 4.32. The molecular weight excluding hydrogens is 385 g/mol. The van der Waals surface area contributed by atoms with Gasteiger partial charge in [-0.1, -0.05) is 65.1 Å². The van der Waals surface area contributed by atoms with Gasteiger partial charge in [0.05, 0.1) is 6.42 Å². The van der Waals surface area contributed by atoms with Crippen LogP contribution in [-0.4, -0.2) is 21.7 Å². The zero-order chi connectivity index (χ0) is 18.4. The second kappa shape index (κ2) is 8.56. The molecule has 0 aliphatic heterocycles. The fourth-order valence-electron chi connectivity index (χ4n) is 2.06. The van der Waals surface area contributed by atoms with E-state index in [1.165, 1.54) is 6.92 Å². The summed E-state index contributed by atoms with van der Waals surface area (Å²) in [6.07, 6.45) is -1.05. The van der Waals surface area contributed by atoms with Crippen molar-refractivity contribution in [1.29, 1.82) is 0 Å². The molecule has 2 rings (SSSR count). The zero-order valence-electron chi connectivity index (χ0n) is 13.3. The molecule has 0 saturated heterocycles. The van der Waals surface area contributed by atoms with Gasteiger partial charge in [0.15, 0.2) is 5.78 Å². The lowest BCUT2D eigenvalue weighted by molar-refractivity contribution is -0.122. The van der Waals surface area contributed by atoms with E-state index in [4.69, 9.17) is 39.5 Å². The van der Waals surface area contributed by atoms with Gasteiger partial charge in [-0.2, -0.15) is 0 Å².